The molecule has 0 heterocycles. The van der Waals surface area contributed by atoms with Crippen molar-refractivity contribution in [2.45, 2.75) is 32.6 Å². The van der Waals surface area contributed by atoms with Gasteiger partial charge in [0, 0.05) is 6.54 Å². The molecule has 1 aromatic rings. The Hall–Kier alpha value is -1.05. The van der Waals surface area contributed by atoms with Crippen molar-refractivity contribution >= 4 is 27.2 Å². The van der Waals surface area contributed by atoms with Crippen molar-refractivity contribution in [2.75, 3.05) is 0 Å². The van der Waals surface area contributed by atoms with Gasteiger partial charge >= 0.3 is 0 Å². The molecular formula is C12H17FN2O2S2. The maximum atomic E-state index is 13.4. The lowest BCUT2D eigenvalue weighted by atomic mass is 10.1. The van der Waals surface area contributed by atoms with Crippen molar-refractivity contribution in [3.63, 3.8) is 0 Å². The Morgan fingerprint density at radius 1 is 1.42 bits per heavy atom. The number of halogens is 1. The lowest BCUT2D eigenvalue weighted by Crippen LogP contribution is -2.39. The van der Waals surface area contributed by atoms with Gasteiger partial charge in [-0.25, -0.2) is 17.5 Å². The molecule has 0 radical (unpaired) electrons. The Kier molecular flexibility index (Phi) is 5.00. The summed E-state index contributed by atoms with van der Waals surface area (Å²) >= 11 is 4.66. The number of aryl methyl sites for hydroxylation is 2. The number of hydrogen-bond donors (Lipinski definition) is 2. The number of hydrogen-bond acceptors (Lipinski definition) is 3. The average Bonchev–Trinajstić information content (AvgIpc) is 2.32. The van der Waals surface area contributed by atoms with Crippen LogP contribution in [0, 0.1) is 19.7 Å². The van der Waals surface area contributed by atoms with Crippen LogP contribution in [-0.4, -0.2) is 18.7 Å². The molecule has 0 aliphatic carbocycles. The van der Waals surface area contributed by atoms with Gasteiger partial charge in [0.1, 0.15) is 11.1 Å². The molecule has 19 heavy (non-hydrogen) atoms. The molecule has 0 aliphatic heterocycles. The normalized spacial score (nSPS) is 13.3. The lowest BCUT2D eigenvalue weighted by molar-refractivity contribution is 0.577. The summed E-state index contributed by atoms with van der Waals surface area (Å²) in [5.74, 6) is -0.275. The van der Waals surface area contributed by atoms with Gasteiger partial charge in [0.15, 0.2) is 0 Å². The molecule has 0 saturated heterocycles. The van der Waals surface area contributed by atoms with Crippen LogP contribution in [0.3, 0.4) is 0 Å². The van der Waals surface area contributed by atoms with Crippen molar-refractivity contribution in [3.8, 4) is 0 Å². The van der Waals surface area contributed by atoms with Crippen molar-refractivity contribution in [1.29, 1.82) is 0 Å². The van der Waals surface area contributed by atoms with E-state index in [1.54, 1.807) is 26.0 Å². The van der Waals surface area contributed by atoms with E-state index in [2.05, 4.69) is 16.9 Å². The van der Waals surface area contributed by atoms with E-state index >= 15 is 0 Å². The van der Waals surface area contributed by atoms with E-state index in [4.69, 9.17) is 5.73 Å². The van der Waals surface area contributed by atoms with E-state index in [0.717, 1.165) is 0 Å². The Morgan fingerprint density at radius 3 is 2.32 bits per heavy atom. The van der Waals surface area contributed by atoms with Crippen molar-refractivity contribution in [1.82, 2.24) is 4.72 Å². The number of thiocarbonyl (C=S) groups is 1. The van der Waals surface area contributed by atoms with Crippen molar-refractivity contribution in [2.24, 2.45) is 5.73 Å². The summed E-state index contributed by atoms with van der Waals surface area (Å²) in [6, 6.07) is 3.21. The van der Waals surface area contributed by atoms with Crippen molar-refractivity contribution < 1.29 is 12.8 Å². The molecule has 3 N–H and O–H groups in total. The largest absolute Gasteiger partial charge is 0.392 e. The van der Waals surface area contributed by atoms with E-state index in [1.807, 2.05) is 0 Å². The second kappa shape index (κ2) is 5.94. The number of nitrogens with one attached hydrogen (secondary N) is 1. The first-order chi connectivity index (χ1) is 8.65. The van der Waals surface area contributed by atoms with Crippen LogP contribution in [0.5, 0.6) is 0 Å². The maximum Gasteiger partial charge on any atom is 0.221 e. The van der Waals surface area contributed by atoms with E-state index < -0.39 is 15.3 Å². The lowest BCUT2D eigenvalue weighted by Gasteiger charge is -2.13. The minimum Gasteiger partial charge on any atom is -0.392 e. The molecule has 0 spiro atoms. The van der Waals surface area contributed by atoms with Gasteiger partial charge in [-0.1, -0.05) is 24.4 Å². The maximum absolute atomic E-state index is 13.4. The van der Waals surface area contributed by atoms with Crippen LogP contribution in [0.2, 0.25) is 0 Å². The fourth-order valence-electron chi connectivity index (χ4n) is 1.60. The highest BCUT2D eigenvalue weighted by atomic mass is 32.2. The molecule has 0 aromatic heterocycles. The molecule has 1 unspecified atom stereocenters. The van der Waals surface area contributed by atoms with E-state index in [1.165, 1.54) is 6.92 Å². The second-order valence-corrected chi connectivity index (χ2v) is 7.01. The minimum absolute atomic E-state index is 0.0806. The number of benzene rings is 1. The van der Waals surface area contributed by atoms with Gasteiger partial charge in [-0.15, -0.1) is 0 Å². The standard InChI is InChI=1S/C12H17FN2O2S2/c1-7-4-10(5-8(2)11(7)13)6-15-19(16,17)9(3)12(14)18/h4-5,9,15H,6H2,1-3H3,(H2,14,18). The van der Waals surface area contributed by atoms with Gasteiger partial charge in [-0.05, 0) is 37.5 Å². The summed E-state index contributed by atoms with van der Waals surface area (Å²) in [4.78, 5) is -0.0843. The SMILES string of the molecule is Cc1cc(CNS(=O)(=O)C(C)C(N)=S)cc(C)c1F. The zero-order valence-electron chi connectivity index (χ0n) is 11.0. The van der Waals surface area contributed by atoms with Gasteiger partial charge in [-0.2, -0.15) is 0 Å². The molecular weight excluding hydrogens is 287 g/mol. The highest BCUT2D eigenvalue weighted by molar-refractivity contribution is 7.93. The third-order valence-electron chi connectivity index (χ3n) is 2.84. The van der Waals surface area contributed by atoms with Crippen LogP contribution in [0.4, 0.5) is 4.39 Å². The van der Waals surface area contributed by atoms with E-state index in [9.17, 15) is 12.8 Å². The molecule has 1 atom stereocenters. The topological polar surface area (TPSA) is 72.2 Å². The monoisotopic (exact) mass is 304 g/mol. The predicted octanol–water partition coefficient (Wildman–Crippen LogP) is 1.54. The predicted molar refractivity (Wildman–Crippen MR) is 77.9 cm³/mol. The third-order valence-corrected chi connectivity index (χ3v) is 5.07. The Morgan fingerprint density at radius 2 is 1.89 bits per heavy atom. The average molecular weight is 304 g/mol. The summed E-state index contributed by atoms with van der Waals surface area (Å²) in [6.45, 7) is 4.78. The first kappa shape index (κ1) is 16.0. The Labute approximate surface area is 118 Å². The van der Waals surface area contributed by atoms with Crippen LogP contribution in [-0.2, 0) is 16.6 Å². The molecule has 1 rings (SSSR count). The highest BCUT2D eigenvalue weighted by Crippen LogP contribution is 2.15. The number of sulfonamides is 1. The summed E-state index contributed by atoms with van der Waals surface area (Å²) in [6.07, 6.45) is 0. The fraction of sp³-hybridized carbons (Fsp3) is 0.417. The Balaban J connectivity index is 2.86. The van der Waals surface area contributed by atoms with Crippen LogP contribution in [0.25, 0.3) is 0 Å². The molecule has 106 valence electrons. The molecule has 4 nitrogen and oxygen atoms in total. The summed E-state index contributed by atoms with van der Waals surface area (Å²) < 4.78 is 39.5. The highest BCUT2D eigenvalue weighted by Gasteiger charge is 2.22. The molecule has 0 fully saturated rings. The minimum atomic E-state index is -3.60. The van der Waals surface area contributed by atoms with Gasteiger partial charge in [0.05, 0.1) is 4.99 Å². The first-order valence-electron chi connectivity index (χ1n) is 5.68. The second-order valence-electron chi connectivity index (χ2n) is 4.45. The molecule has 1 aromatic carbocycles. The van der Waals surface area contributed by atoms with Gasteiger partial charge in [-0.3, -0.25) is 0 Å². The van der Waals surface area contributed by atoms with Gasteiger partial charge in [0.2, 0.25) is 10.0 Å². The fourth-order valence-corrected chi connectivity index (χ4v) is 2.90. The quantitative estimate of drug-likeness (QED) is 0.809. The Bertz CT molecular complexity index is 577. The van der Waals surface area contributed by atoms with E-state index in [-0.39, 0.29) is 17.4 Å². The van der Waals surface area contributed by atoms with Crippen LogP contribution in [0.15, 0.2) is 12.1 Å². The molecule has 0 amide bonds. The summed E-state index contributed by atoms with van der Waals surface area (Å²) in [7, 11) is -3.60. The molecule has 0 saturated carbocycles. The number of rotatable bonds is 5. The molecule has 7 heteroatoms. The van der Waals surface area contributed by atoms with Crippen molar-refractivity contribution in [3.05, 3.63) is 34.6 Å². The third kappa shape index (κ3) is 3.95. The zero-order valence-corrected chi connectivity index (χ0v) is 12.7. The van der Waals surface area contributed by atoms with Crippen LogP contribution in [0.1, 0.15) is 23.6 Å². The number of nitrogens with two attached hydrogens (primary N) is 1. The van der Waals surface area contributed by atoms with Crippen LogP contribution < -0.4 is 10.5 Å². The summed E-state index contributed by atoms with van der Waals surface area (Å²) in [5.41, 5.74) is 6.98. The first-order valence-corrected chi connectivity index (χ1v) is 7.64. The summed E-state index contributed by atoms with van der Waals surface area (Å²) in [5, 5.41) is -0.940. The smallest absolute Gasteiger partial charge is 0.221 e. The molecule has 0 aliphatic rings. The van der Waals surface area contributed by atoms with Gasteiger partial charge in [0.25, 0.3) is 0 Å². The van der Waals surface area contributed by atoms with Crippen LogP contribution >= 0.6 is 12.2 Å². The van der Waals surface area contributed by atoms with Gasteiger partial charge < -0.3 is 5.73 Å². The molecule has 0 bridgehead atoms. The zero-order chi connectivity index (χ0) is 14.8. The van der Waals surface area contributed by atoms with E-state index in [0.29, 0.717) is 16.7 Å².